The van der Waals surface area contributed by atoms with Crippen LogP contribution in [0.1, 0.15) is 36.4 Å². The zero-order chi connectivity index (χ0) is 19.3. The van der Waals surface area contributed by atoms with Gasteiger partial charge in [-0.05, 0) is 37.1 Å². The normalized spacial score (nSPS) is 18.5. The highest BCUT2D eigenvalue weighted by molar-refractivity contribution is 5.57. The topological polar surface area (TPSA) is 55.6 Å². The minimum atomic E-state index is -0.423. The summed E-state index contributed by atoms with van der Waals surface area (Å²) in [5, 5.41) is 0. The van der Waals surface area contributed by atoms with E-state index >= 15 is 0 Å². The summed E-state index contributed by atoms with van der Waals surface area (Å²) in [6.07, 6.45) is 3.08. The van der Waals surface area contributed by atoms with Crippen molar-refractivity contribution in [1.29, 1.82) is 0 Å². The van der Waals surface area contributed by atoms with Gasteiger partial charge in [-0.1, -0.05) is 30.3 Å². The van der Waals surface area contributed by atoms with Gasteiger partial charge in [0.2, 0.25) is 0 Å². The lowest BCUT2D eigenvalue weighted by Gasteiger charge is -2.36. The lowest BCUT2D eigenvalue weighted by Crippen LogP contribution is -2.38. The summed E-state index contributed by atoms with van der Waals surface area (Å²) in [5.74, 6) is 0.476. The van der Waals surface area contributed by atoms with Gasteiger partial charge < -0.3 is 9.15 Å². The van der Waals surface area contributed by atoms with Crippen LogP contribution in [0, 0.1) is 5.82 Å². The quantitative estimate of drug-likeness (QED) is 0.588. The van der Waals surface area contributed by atoms with Gasteiger partial charge in [-0.2, -0.15) is 0 Å². The fraction of sp³-hybridized carbons (Fsp3) is 0.273. The molecule has 0 N–H and O–H groups in total. The number of aromatic nitrogens is 1. The molecule has 2 aromatic carbocycles. The molecule has 2 atom stereocenters. The van der Waals surface area contributed by atoms with Gasteiger partial charge in [-0.15, -0.1) is 0 Å². The van der Waals surface area contributed by atoms with Crippen molar-refractivity contribution in [1.82, 2.24) is 9.88 Å². The van der Waals surface area contributed by atoms with E-state index in [0.717, 1.165) is 30.5 Å². The van der Waals surface area contributed by atoms with Crippen molar-refractivity contribution in [3.05, 3.63) is 78.1 Å². The molecule has 1 saturated heterocycles. The maximum absolute atomic E-state index is 13.1. The first-order valence-electron chi connectivity index (χ1n) is 9.34. The van der Waals surface area contributed by atoms with Crippen molar-refractivity contribution < 1.29 is 18.3 Å². The maximum atomic E-state index is 13.1. The van der Waals surface area contributed by atoms with Crippen LogP contribution in [-0.4, -0.2) is 29.4 Å². The van der Waals surface area contributed by atoms with Gasteiger partial charge in [0, 0.05) is 30.1 Å². The molecule has 1 fully saturated rings. The van der Waals surface area contributed by atoms with Crippen molar-refractivity contribution in [3.8, 4) is 11.3 Å². The summed E-state index contributed by atoms with van der Waals surface area (Å²) in [4.78, 5) is 17.8. The molecule has 6 heteroatoms. The highest BCUT2D eigenvalue weighted by Gasteiger charge is 2.31. The second-order valence-electron chi connectivity index (χ2n) is 6.91. The fourth-order valence-electron chi connectivity index (χ4n) is 3.70. The van der Waals surface area contributed by atoms with Crippen molar-refractivity contribution >= 4 is 6.47 Å². The number of nitrogens with zero attached hydrogens (tertiary/aromatic N) is 2. The first-order chi connectivity index (χ1) is 13.7. The fourth-order valence-corrected chi connectivity index (χ4v) is 3.70. The average Bonchev–Trinajstić information content (AvgIpc) is 3.24. The summed E-state index contributed by atoms with van der Waals surface area (Å²) in [6, 6.07) is 15.9. The molecule has 3 aromatic rings. The molecule has 2 heterocycles. The monoisotopic (exact) mass is 380 g/mol. The molecule has 5 nitrogen and oxygen atoms in total. The van der Waals surface area contributed by atoms with Crippen LogP contribution in [0.25, 0.3) is 11.3 Å². The smallest absolute Gasteiger partial charge is 0.294 e. The zero-order valence-electron chi connectivity index (χ0n) is 15.3. The van der Waals surface area contributed by atoms with Crippen molar-refractivity contribution in [2.45, 2.75) is 25.0 Å². The predicted molar refractivity (Wildman–Crippen MR) is 102 cm³/mol. The average molecular weight is 380 g/mol. The molecule has 2 unspecified atom stereocenters. The highest BCUT2D eigenvalue weighted by Crippen LogP contribution is 2.33. The summed E-state index contributed by atoms with van der Waals surface area (Å²) in [7, 11) is 0. The van der Waals surface area contributed by atoms with E-state index in [1.54, 1.807) is 18.4 Å². The van der Waals surface area contributed by atoms with Crippen LogP contribution in [0.3, 0.4) is 0 Å². The number of piperidine rings is 1. The Labute approximate surface area is 162 Å². The van der Waals surface area contributed by atoms with Crippen LogP contribution in [0.2, 0.25) is 0 Å². The zero-order valence-corrected chi connectivity index (χ0v) is 15.3. The lowest BCUT2D eigenvalue weighted by atomic mass is 9.97. The third-order valence-corrected chi connectivity index (χ3v) is 5.06. The molecule has 0 amide bonds. The Morgan fingerprint density at radius 2 is 1.96 bits per heavy atom. The van der Waals surface area contributed by atoms with Gasteiger partial charge in [-0.3, -0.25) is 9.69 Å². The molecule has 0 spiro atoms. The number of carbonyl (C=O) groups excluding carboxylic acids is 1. The number of ether oxygens (including phenoxy) is 1. The molecule has 144 valence electrons. The number of halogens is 1. The Balaban J connectivity index is 1.52. The van der Waals surface area contributed by atoms with Crippen molar-refractivity contribution in [2.24, 2.45) is 0 Å². The molecule has 0 saturated carbocycles. The summed E-state index contributed by atoms with van der Waals surface area (Å²) >= 11 is 0. The van der Waals surface area contributed by atoms with E-state index in [4.69, 9.17) is 9.15 Å². The second-order valence-corrected chi connectivity index (χ2v) is 6.91. The molecule has 1 aliphatic heterocycles. The van der Waals surface area contributed by atoms with Crippen LogP contribution in [0.5, 0.6) is 0 Å². The number of carbonyl (C=O) groups is 1. The van der Waals surface area contributed by atoms with Crippen LogP contribution in [0.4, 0.5) is 4.39 Å². The lowest BCUT2D eigenvalue weighted by molar-refractivity contribution is -0.145. The van der Waals surface area contributed by atoms with Gasteiger partial charge in [0.05, 0.1) is 0 Å². The predicted octanol–water partition coefficient (Wildman–Crippen LogP) is 4.53. The molecule has 0 aliphatic carbocycles. The molecule has 1 aromatic heterocycles. The van der Waals surface area contributed by atoms with Crippen LogP contribution >= 0.6 is 0 Å². The van der Waals surface area contributed by atoms with E-state index in [-0.39, 0.29) is 11.7 Å². The summed E-state index contributed by atoms with van der Waals surface area (Å²) in [5.41, 5.74) is 2.45. The van der Waals surface area contributed by atoms with Crippen molar-refractivity contribution in [2.75, 3.05) is 13.1 Å². The van der Waals surface area contributed by atoms with Crippen LogP contribution in [-0.2, 0) is 9.53 Å². The van der Waals surface area contributed by atoms with Gasteiger partial charge in [0.25, 0.3) is 6.47 Å². The maximum Gasteiger partial charge on any atom is 0.294 e. The Bertz CT molecular complexity index is 911. The number of benzene rings is 2. The van der Waals surface area contributed by atoms with Crippen LogP contribution < -0.4 is 0 Å². The van der Waals surface area contributed by atoms with E-state index < -0.39 is 6.23 Å². The van der Waals surface area contributed by atoms with E-state index in [2.05, 4.69) is 9.88 Å². The molecule has 28 heavy (non-hydrogen) atoms. The second kappa shape index (κ2) is 8.35. The Hall–Kier alpha value is -2.99. The number of hydrogen-bond donors (Lipinski definition) is 0. The standard InChI is InChI=1S/C22H21FN2O3/c23-19-10-8-16(9-11-19)20-14-27-21(24-20)18-7-4-12-25(13-18)22(28-15-26)17-5-2-1-3-6-17/h1-3,5-6,8-11,14-15,18,22H,4,7,12-13H2. The third kappa shape index (κ3) is 3.97. The van der Waals surface area contributed by atoms with E-state index in [0.29, 0.717) is 24.6 Å². The third-order valence-electron chi connectivity index (χ3n) is 5.06. The molecule has 1 aliphatic rings. The Kier molecular flexibility index (Phi) is 5.48. The number of oxazole rings is 1. The van der Waals surface area contributed by atoms with Gasteiger partial charge in [0.1, 0.15) is 17.8 Å². The molecular formula is C22H21FN2O3. The summed E-state index contributed by atoms with van der Waals surface area (Å²) in [6.45, 7) is 2.01. The first kappa shape index (κ1) is 18.4. The number of rotatable bonds is 6. The molecular weight excluding hydrogens is 359 g/mol. The SMILES string of the molecule is O=COC(c1ccccc1)N1CCCC(c2nc(-c3ccc(F)cc3)co2)C1. The highest BCUT2D eigenvalue weighted by atomic mass is 19.1. The van der Waals surface area contributed by atoms with E-state index in [9.17, 15) is 9.18 Å². The van der Waals surface area contributed by atoms with E-state index in [1.807, 2.05) is 30.3 Å². The Morgan fingerprint density at radius 3 is 2.71 bits per heavy atom. The molecule has 4 rings (SSSR count). The minimum absolute atomic E-state index is 0.101. The largest absolute Gasteiger partial charge is 0.448 e. The minimum Gasteiger partial charge on any atom is -0.448 e. The number of likely N-dealkylation sites (tertiary alicyclic amines) is 1. The van der Waals surface area contributed by atoms with Crippen LogP contribution in [0.15, 0.2) is 65.3 Å². The summed E-state index contributed by atoms with van der Waals surface area (Å²) < 4.78 is 24.3. The first-order valence-corrected chi connectivity index (χ1v) is 9.34. The van der Waals surface area contributed by atoms with Gasteiger partial charge >= 0.3 is 0 Å². The van der Waals surface area contributed by atoms with Crippen molar-refractivity contribution in [3.63, 3.8) is 0 Å². The van der Waals surface area contributed by atoms with E-state index in [1.165, 1.54) is 12.1 Å². The van der Waals surface area contributed by atoms with Gasteiger partial charge in [0.15, 0.2) is 12.1 Å². The molecule has 0 radical (unpaired) electrons. The van der Waals surface area contributed by atoms with Gasteiger partial charge in [-0.25, -0.2) is 9.37 Å². The molecule has 0 bridgehead atoms. The number of hydrogen-bond acceptors (Lipinski definition) is 5. The Morgan fingerprint density at radius 1 is 1.18 bits per heavy atom.